The molecule has 2 atom stereocenters. The maximum Gasteiger partial charge on any atom is 0.335 e. The highest BCUT2D eigenvalue weighted by molar-refractivity contribution is 6.23. The lowest BCUT2D eigenvalue weighted by molar-refractivity contribution is -0.136. The van der Waals surface area contributed by atoms with Crippen LogP contribution in [-0.2, 0) is 14.3 Å². The predicted octanol–water partition coefficient (Wildman–Crippen LogP) is 1.78. The van der Waals surface area contributed by atoms with Crippen LogP contribution in [0.25, 0.3) is 0 Å². The second-order valence-corrected chi connectivity index (χ2v) is 11.5. The molecule has 4 aliphatic heterocycles. The number of aromatic carboxylic acids is 1. The van der Waals surface area contributed by atoms with Gasteiger partial charge in [0.2, 0.25) is 11.8 Å². The maximum atomic E-state index is 13.2. The van der Waals surface area contributed by atoms with Crippen LogP contribution in [0.3, 0.4) is 0 Å². The molecule has 2 aromatic rings. The number of carboxylic acids is 1. The third kappa shape index (κ3) is 5.98. The predicted molar refractivity (Wildman–Crippen MR) is 153 cm³/mol. The molecule has 43 heavy (non-hydrogen) atoms. The summed E-state index contributed by atoms with van der Waals surface area (Å²) in [5.74, 6) is -2.12. The number of ether oxygens (including phenoxy) is 2. The van der Waals surface area contributed by atoms with Crippen molar-refractivity contribution in [1.82, 2.24) is 15.1 Å². The number of amides is 4. The van der Waals surface area contributed by atoms with Gasteiger partial charge in [-0.15, -0.1) is 0 Å². The number of imide groups is 2. The van der Waals surface area contributed by atoms with E-state index in [1.54, 1.807) is 30.3 Å². The molecule has 0 aromatic heterocycles. The summed E-state index contributed by atoms with van der Waals surface area (Å²) in [6.07, 6.45) is 2.22. The Morgan fingerprint density at radius 2 is 1.70 bits per heavy atom. The second-order valence-electron chi connectivity index (χ2n) is 11.5. The smallest absolute Gasteiger partial charge is 0.335 e. The number of anilines is 1. The lowest BCUT2D eigenvalue weighted by Gasteiger charge is -2.40. The Balaban J connectivity index is 1.04. The number of nitrogens with zero attached hydrogens (tertiary/aromatic N) is 3. The molecule has 0 bridgehead atoms. The number of nitrogens with one attached hydrogen (secondary N) is 1. The Morgan fingerprint density at radius 1 is 0.953 bits per heavy atom. The van der Waals surface area contributed by atoms with Crippen molar-refractivity contribution in [3.05, 3.63) is 59.2 Å². The monoisotopic (exact) mass is 590 g/mol. The molecule has 4 heterocycles. The maximum absolute atomic E-state index is 13.2. The highest BCUT2D eigenvalue weighted by Gasteiger charge is 2.44. The topological polar surface area (TPSA) is 146 Å². The van der Waals surface area contributed by atoms with E-state index < -0.39 is 35.6 Å². The molecule has 4 amide bonds. The van der Waals surface area contributed by atoms with E-state index >= 15 is 0 Å². The van der Waals surface area contributed by atoms with Gasteiger partial charge in [0.05, 0.1) is 35.9 Å². The van der Waals surface area contributed by atoms with Crippen LogP contribution in [0.1, 0.15) is 56.8 Å². The van der Waals surface area contributed by atoms with E-state index in [1.165, 1.54) is 0 Å². The van der Waals surface area contributed by atoms with Gasteiger partial charge >= 0.3 is 5.97 Å². The minimum Gasteiger partial charge on any atom is -0.492 e. The summed E-state index contributed by atoms with van der Waals surface area (Å²) in [5.41, 5.74) is 1.73. The molecule has 12 nitrogen and oxygen atoms in total. The largest absolute Gasteiger partial charge is 0.492 e. The number of morpholine rings is 1. The summed E-state index contributed by atoms with van der Waals surface area (Å²) >= 11 is 0. The highest BCUT2D eigenvalue weighted by atomic mass is 16.5. The summed E-state index contributed by atoms with van der Waals surface area (Å²) < 4.78 is 11.9. The van der Waals surface area contributed by atoms with Gasteiger partial charge in [0.1, 0.15) is 18.4 Å². The summed E-state index contributed by atoms with van der Waals surface area (Å²) in [7, 11) is 0. The van der Waals surface area contributed by atoms with Gasteiger partial charge in [-0.1, -0.05) is 0 Å². The van der Waals surface area contributed by atoms with Crippen LogP contribution < -0.4 is 15.0 Å². The van der Waals surface area contributed by atoms with E-state index in [2.05, 4.69) is 15.1 Å². The molecule has 4 aliphatic rings. The number of benzene rings is 2. The number of hydrogen-bond acceptors (Lipinski definition) is 9. The zero-order valence-electron chi connectivity index (χ0n) is 23.7. The molecule has 2 N–H and O–H groups in total. The van der Waals surface area contributed by atoms with E-state index in [0.717, 1.165) is 49.6 Å². The summed E-state index contributed by atoms with van der Waals surface area (Å²) in [6.45, 7) is 5.05. The Labute approximate surface area is 248 Å². The quantitative estimate of drug-likeness (QED) is 0.437. The first-order valence-corrected chi connectivity index (χ1v) is 14.7. The first-order valence-electron chi connectivity index (χ1n) is 14.7. The zero-order chi connectivity index (χ0) is 30.1. The van der Waals surface area contributed by atoms with Crippen LogP contribution in [-0.4, -0.2) is 103 Å². The number of fused-ring (bicyclic) bond motifs is 1. The number of hydrogen-bond donors (Lipinski definition) is 2. The van der Waals surface area contributed by atoms with Crippen LogP contribution in [0.4, 0.5) is 5.69 Å². The molecule has 0 spiro atoms. The Kier molecular flexibility index (Phi) is 8.13. The van der Waals surface area contributed by atoms with Gasteiger partial charge in [-0.25, -0.2) is 4.79 Å². The zero-order valence-corrected chi connectivity index (χ0v) is 23.7. The van der Waals surface area contributed by atoms with Gasteiger partial charge in [-0.05, 0) is 67.6 Å². The van der Waals surface area contributed by atoms with Crippen molar-refractivity contribution in [1.29, 1.82) is 0 Å². The van der Waals surface area contributed by atoms with E-state index in [1.807, 2.05) is 12.1 Å². The Hall–Kier alpha value is -4.29. The summed E-state index contributed by atoms with van der Waals surface area (Å²) in [6, 6.07) is 10.8. The fourth-order valence-corrected chi connectivity index (χ4v) is 6.34. The van der Waals surface area contributed by atoms with Crippen molar-refractivity contribution in [3.8, 4) is 5.75 Å². The Bertz CT molecular complexity index is 1440. The van der Waals surface area contributed by atoms with E-state index in [9.17, 15) is 24.0 Å². The molecule has 2 aromatic carbocycles. The van der Waals surface area contributed by atoms with Crippen molar-refractivity contribution in [2.45, 2.75) is 37.8 Å². The number of rotatable bonds is 8. The fraction of sp³-hybridized carbons (Fsp3) is 0.452. The first kappa shape index (κ1) is 28.8. The van der Waals surface area contributed by atoms with Crippen LogP contribution in [0.15, 0.2) is 42.5 Å². The van der Waals surface area contributed by atoms with Gasteiger partial charge in [0.25, 0.3) is 11.8 Å². The van der Waals surface area contributed by atoms with Crippen LogP contribution in [0, 0.1) is 5.92 Å². The van der Waals surface area contributed by atoms with Crippen molar-refractivity contribution >= 4 is 35.3 Å². The van der Waals surface area contributed by atoms with Crippen LogP contribution >= 0.6 is 0 Å². The van der Waals surface area contributed by atoms with E-state index in [0.29, 0.717) is 31.5 Å². The van der Waals surface area contributed by atoms with Crippen LogP contribution in [0.5, 0.6) is 5.75 Å². The van der Waals surface area contributed by atoms with Crippen molar-refractivity contribution in [2.24, 2.45) is 5.92 Å². The minimum absolute atomic E-state index is 0.0286. The molecule has 12 heteroatoms. The Morgan fingerprint density at radius 3 is 2.42 bits per heavy atom. The van der Waals surface area contributed by atoms with Gasteiger partial charge in [-0.2, -0.15) is 0 Å². The van der Waals surface area contributed by atoms with Crippen molar-refractivity contribution in [3.63, 3.8) is 0 Å². The number of carbonyl (C=O) groups is 5. The normalized spacial score (nSPS) is 23.3. The molecular formula is C31H34N4O8. The first-order chi connectivity index (χ1) is 20.8. The average Bonchev–Trinajstić information content (AvgIpc) is 3.26. The SMILES string of the molecule is O=C1CCC(N2C(=O)c3ccc(OC[C@H]4COCCN4CC4CCN(c5ccc(C(=O)O)cc5)CC4)cc3C2=O)C(=O)N1. The fourth-order valence-electron chi connectivity index (χ4n) is 6.34. The second kappa shape index (κ2) is 12.1. The minimum atomic E-state index is -1.01. The van der Waals surface area contributed by atoms with Gasteiger partial charge < -0.3 is 19.5 Å². The lowest BCUT2D eigenvalue weighted by atomic mass is 9.95. The molecule has 0 radical (unpaired) electrons. The molecule has 3 saturated heterocycles. The summed E-state index contributed by atoms with van der Waals surface area (Å²) in [5, 5.41) is 11.3. The molecule has 0 aliphatic carbocycles. The average molecular weight is 591 g/mol. The van der Waals surface area contributed by atoms with Crippen molar-refractivity contribution < 1.29 is 38.6 Å². The molecule has 1 unspecified atom stereocenters. The van der Waals surface area contributed by atoms with Crippen molar-refractivity contribution in [2.75, 3.05) is 50.9 Å². The number of carboxylic acid groups (broad SMARTS) is 1. The lowest BCUT2D eigenvalue weighted by Crippen LogP contribution is -2.54. The van der Waals surface area contributed by atoms with Crippen LogP contribution in [0.2, 0.25) is 0 Å². The molecule has 0 saturated carbocycles. The van der Waals surface area contributed by atoms with Gasteiger partial charge in [-0.3, -0.25) is 34.3 Å². The molecule has 6 rings (SSSR count). The highest BCUT2D eigenvalue weighted by Crippen LogP contribution is 2.31. The van der Waals surface area contributed by atoms with E-state index in [-0.39, 0.29) is 35.6 Å². The van der Waals surface area contributed by atoms with Gasteiger partial charge in [0, 0.05) is 38.3 Å². The molecular weight excluding hydrogens is 556 g/mol. The number of carbonyl (C=O) groups excluding carboxylic acids is 4. The molecule has 226 valence electrons. The third-order valence-corrected chi connectivity index (χ3v) is 8.79. The summed E-state index contributed by atoms with van der Waals surface area (Å²) in [4.78, 5) is 66.8. The standard InChI is InChI=1S/C31H34N4O8/c36-27-8-7-26(28(37)32-27)35-29(38)24-6-5-23(15-25(24)30(35)39)43-18-22-17-42-14-13-34(22)16-19-9-11-33(12-10-19)21-3-1-20(2-4-21)31(40)41/h1-6,15,19,22,26H,7-14,16-18H2,(H,40,41)(H,32,36,37)/t22-,26?/m1/s1. The molecule has 3 fully saturated rings. The van der Waals surface area contributed by atoms with E-state index in [4.69, 9.17) is 14.6 Å². The number of piperidine rings is 2. The third-order valence-electron chi connectivity index (χ3n) is 8.79. The van der Waals surface area contributed by atoms with Gasteiger partial charge in [0.15, 0.2) is 0 Å².